The molecule has 2 N–H and O–H groups in total. The molecule has 0 bridgehead atoms. The number of rotatable bonds is 3. The first kappa shape index (κ1) is 12.4. The van der Waals surface area contributed by atoms with Gasteiger partial charge < -0.3 is 10.5 Å². The monoisotopic (exact) mass is 312 g/mol. The van der Waals surface area contributed by atoms with E-state index in [1.165, 1.54) is 0 Å². The summed E-state index contributed by atoms with van der Waals surface area (Å²) in [4.78, 5) is 4.00. The molecule has 1 heterocycles. The zero-order valence-electron chi connectivity index (χ0n) is 8.86. The lowest BCUT2D eigenvalue weighted by atomic mass is 10.2. The summed E-state index contributed by atoms with van der Waals surface area (Å²) in [5.74, 6) is 1.25. The molecule has 0 radical (unpaired) electrons. The van der Waals surface area contributed by atoms with Crippen molar-refractivity contribution in [2.75, 3.05) is 0 Å². The lowest BCUT2D eigenvalue weighted by Gasteiger charge is -2.10. The molecule has 5 heteroatoms. The molecule has 0 aliphatic heterocycles. The number of aromatic nitrogens is 1. The van der Waals surface area contributed by atoms with Crippen LogP contribution in [0.3, 0.4) is 0 Å². The third-order valence-electron chi connectivity index (χ3n) is 2.19. The van der Waals surface area contributed by atoms with E-state index in [-0.39, 0.29) is 0 Å². The zero-order chi connectivity index (χ0) is 12.3. The third-order valence-corrected chi connectivity index (χ3v) is 3.00. The lowest BCUT2D eigenvalue weighted by Crippen LogP contribution is -2.00. The van der Waals surface area contributed by atoms with Crippen molar-refractivity contribution >= 4 is 27.5 Å². The van der Waals surface area contributed by atoms with Gasteiger partial charge in [-0.05, 0) is 24.3 Å². The number of hydrogen-bond donors (Lipinski definition) is 1. The van der Waals surface area contributed by atoms with E-state index >= 15 is 0 Å². The SMILES string of the molecule is NCc1cnccc1Oc1cc(Br)ccc1Cl. The molecule has 0 unspecified atom stereocenters. The molecule has 2 aromatic rings. The Balaban J connectivity index is 2.34. The summed E-state index contributed by atoms with van der Waals surface area (Å²) in [6, 6.07) is 7.19. The van der Waals surface area contributed by atoms with E-state index in [1.807, 2.05) is 12.1 Å². The van der Waals surface area contributed by atoms with E-state index in [9.17, 15) is 0 Å². The van der Waals surface area contributed by atoms with Crippen LogP contribution in [0.2, 0.25) is 5.02 Å². The van der Waals surface area contributed by atoms with E-state index < -0.39 is 0 Å². The van der Waals surface area contributed by atoms with Gasteiger partial charge in [-0.1, -0.05) is 27.5 Å². The minimum absolute atomic E-state index is 0.370. The molecular formula is C12H10BrClN2O. The number of nitrogens with zero attached hydrogens (tertiary/aromatic N) is 1. The van der Waals surface area contributed by atoms with Gasteiger partial charge in [0.05, 0.1) is 5.02 Å². The highest BCUT2D eigenvalue weighted by atomic mass is 79.9. The number of hydrogen-bond acceptors (Lipinski definition) is 3. The standard InChI is InChI=1S/C12H10BrClN2O/c13-9-1-2-10(14)12(5-9)17-11-3-4-16-7-8(11)6-15/h1-5,7H,6,15H2. The molecule has 0 spiro atoms. The summed E-state index contributed by atoms with van der Waals surface area (Å²) in [7, 11) is 0. The van der Waals surface area contributed by atoms with Crippen molar-refractivity contribution in [1.29, 1.82) is 0 Å². The minimum atomic E-state index is 0.370. The molecule has 0 fully saturated rings. The Morgan fingerprint density at radius 2 is 2.12 bits per heavy atom. The van der Waals surface area contributed by atoms with Crippen molar-refractivity contribution in [1.82, 2.24) is 4.98 Å². The van der Waals surface area contributed by atoms with E-state index in [4.69, 9.17) is 22.1 Å². The summed E-state index contributed by atoms with van der Waals surface area (Å²) >= 11 is 9.42. The average Bonchev–Trinajstić information content (AvgIpc) is 2.34. The molecule has 0 amide bonds. The summed E-state index contributed by atoms with van der Waals surface area (Å²) in [5.41, 5.74) is 6.45. The van der Waals surface area contributed by atoms with Crippen LogP contribution >= 0.6 is 27.5 Å². The second-order valence-corrected chi connectivity index (χ2v) is 4.69. The van der Waals surface area contributed by atoms with Crippen LogP contribution in [-0.2, 0) is 6.54 Å². The maximum absolute atomic E-state index is 6.05. The fourth-order valence-corrected chi connectivity index (χ4v) is 1.84. The van der Waals surface area contributed by atoms with Crippen LogP contribution in [0.1, 0.15) is 5.56 Å². The first-order valence-corrected chi connectivity index (χ1v) is 6.13. The predicted octanol–water partition coefficient (Wildman–Crippen LogP) is 3.75. The molecule has 0 aliphatic rings. The van der Waals surface area contributed by atoms with Crippen LogP contribution in [0.25, 0.3) is 0 Å². The second kappa shape index (κ2) is 5.49. The molecule has 0 aliphatic carbocycles. The normalized spacial score (nSPS) is 10.3. The fraction of sp³-hybridized carbons (Fsp3) is 0.0833. The summed E-state index contributed by atoms with van der Waals surface area (Å²) < 4.78 is 6.63. The summed E-state index contributed by atoms with van der Waals surface area (Å²) in [6.07, 6.45) is 3.33. The summed E-state index contributed by atoms with van der Waals surface area (Å²) in [5, 5.41) is 0.549. The molecule has 88 valence electrons. The van der Waals surface area contributed by atoms with Crippen LogP contribution < -0.4 is 10.5 Å². The van der Waals surface area contributed by atoms with Crippen molar-refractivity contribution < 1.29 is 4.74 Å². The van der Waals surface area contributed by atoms with E-state index in [0.29, 0.717) is 23.1 Å². The van der Waals surface area contributed by atoms with Crippen LogP contribution in [0.5, 0.6) is 11.5 Å². The highest BCUT2D eigenvalue weighted by Gasteiger charge is 2.07. The topological polar surface area (TPSA) is 48.1 Å². The first-order chi connectivity index (χ1) is 8.20. The number of ether oxygens (including phenoxy) is 1. The van der Waals surface area contributed by atoms with Crippen LogP contribution in [0.15, 0.2) is 41.1 Å². The maximum atomic E-state index is 6.05. The van der Waals surface area contributed by atoms with Crippen molar-refractivity contribution in [3.8, 4) is 11.5 Å². The number of benzene rings is 1. The van der Waals surface area contributed by atoms with Gasteiger partial charge in [-0.2, -0.15) is 0 Å². The predicted molar refractivity (Wildman–Crippen MR) is 71.4 cm³/mol. The Hall–Kier alpha value is -1.10. The third kappa shape index (κ3) is 2.97. The average molecular weight is 314 g/mol. The quantitative estimate of drug-likeness (QED) is 0.939. The fourth-order valence-electron chi connectivity index (χ4n) is 1.34. The molecule has 1 aromatic heterocycles. The molecule has 0 atom stereocenters. The van der Waals surface area contributed by atoms with Crippen LogP contribution in [0, 0.1) is 0 Å². The number of nitrogens with two attached hydrogens (primary N) is 1. The Kier molecular flexibility index (Phi) is 3.99. The van der Waals surface area contributed by atoms with Gasteiger partial charge in [0.1, 0.15) is 11.5 Å². The Morgan fingerprint density at radius 1 is 1.29 bits per heavy atom. The van der Waals surface area contributed by atoms with Gasteiger partial charge >= 0.3 is 0 Å². The van der Waals surface area contributed by atoms with Crippen molar-refractivity contribution in [3.05, 3.63) is 51.7 Å². The minimum Gasteiger partial charge on any atom is -0.455 e. The molecule has 0 saturated heterocycles. The Labute approximate surface area is 113 Å². The van der Waals surface area contributed by atoms with E-state index in [0.717, 1.165) is 10.0 Å². The zero-order valence-corrected chi connectivity index (χ0v) is 11.2. The van der Waals surface area contributed by atoms with E-state index in [1.54, 1.807) is 24.5 Å². The molecule has 17 heavy (non-hydrogen) atoms. The van der Waals surface area contributed by atoms with Gasteiger partial charge in [0.15, 0.2) is 0 Å². The maximum Gasteiger partial charge on any atom is 0.147 e. The van der Waals surface area contributed by atoms with Crippen LogP contribution in [-0.4, -0.2) is 4.98 Å². The van der Waals surface area contributed by atoms with Crippen molar-refractivity contribution in [2.24, 2.45) is 5.73 Å². The van der Waals surface area contributed by atoms with Gasteiger partial charge in [0.25, 0.3) is 0 Å². The largest absolute Gasteiger partial charge is 0.455 e. The smallest absolute Gasteiger partial charge is 0.147 e. The van der Waals surface area contributed by atoms with Crippen LogP contribution in [0.4, 0.5) is 0 Å². The molecule has 0 saturated carbocycles. The molecule has 3 nitrogen and oxygen atoms in total. The second-order valence-electron chi connectivity index (χ2n) is 3.36. The summed E-state index contributed by atoms with van der Waals surface area (Å²) in [6.45, 7) is 0.370. The molecular weight excluding hydrogens is 304 g/mol. The first-order valence-electron chi connectivity index (χ1n) is 4.96. The van der Waals surface area contributed by atoms with Gasteiger partial charge in [0, 0.05) is 29.0 Å². The Bertz CT molecular complexity index is 534. The van der Waals surface area contributed by atoms with Crippen molar-refractivity contribution in [3.63, 3.8) is 0 Å². The van der Waals surface area contributed by atoms with Gasteiger partial charge in [-0.25, -0.2) is 0 Å². The highest BCUT2D eigenvalue weighted by Crippen LogP contribution is 2.32. The molecule has 2 rings (SSSR count). The number of pyridine rings is 1. The highest BCUT2D eigenvalue weighted by molar-refractivity contribution is 9.10. The molecule has 1 aromatic carbocycles. The lowest BCUT2D eigenvalue weighted by molar-refractivity contribution is 0.475. The van der Waals surface area contributed by atoms with Gasteiger partial charge in [-0.15, -0.1) is 0 Å². The van der Waals surface area contributed by atoms with E-state index in [2.05, 4.69) is 20.9 Å². The Morgan fingerprint density at radius 3 is 2.88 bits per heavy atom. The van der Waals surface area contributed by atoms with Gasteiger partial charge in [-0.3, -0.25) is 4.98 Å². The number of halogens is 2. The van der Waals surface area contributed by atoms with Crippen molar-refractivity contribution in [2.45, 2.75) is 6.54 Å². The van der Waals surface area contributed by atoms with Gasteiger partial charge in [0.2, 0.25) is 0 Å².